The van der Waals surface area contributed by atoms with Crippen LogP contribution in [0.1, 0.15) is 37.7 Å². The lowest BCUT2D eigenvalue weighted by molar-refractivity contribution is 0.101. The minimum Gasteiger partial charge on any atom is -0.497 e. The summed E-state index contributed by atoms with van der Waals surface area (Å²) < 4.78 is 6.84. The number of carbonyl (C=O) groups is 1. The maximum absolute atomic E-state index is 11.9. The Hall–Kier alpha value is -2.41. The topological polar surface area (TPSA) is 72.3 Å². The first-order valence-corrected chi connectivity index (χ1v) is 8.68. The molecule has 0 spiro atoms. The van der Waals surface area contributed by atoms with Crippen LogP contribution >= 0.6 is 0 Å². The van der Waals surface area contributed by atoms with E-state index < -0.39 is 0 Å². The van der Waals surface area contributed by atoms with Crippen molar-refractivity contribution >= 4 is 11.6 Å². The molecule has 0 saturated carbocycles. The quantitative estimate of drug-likeness (QED) is 0.527. The van der Waals surface area contributed by atoms with E-state index in [2.05, 4.69) is 34.4 Å². The van der Waals surface area contributed by atoms with Crippen LogP contribution in [0, 0.1) is 0 Å². The molecule has 1 heterocycles. The Bertz CT molecular complexity index is 677. The summed E-state index contributed by atoms with van der Waals surface area (Å²) in [7, 11) is 1.63. The van der Waals surface area contributed by atoms with Gasteiger partial charge in [-0.15, -0.1) is 5.10 Å². The molecule has 0 radical (unpaired) electrons. The fourth-order valence-electron chi connectivity index (χ4n) is 2.63. The molecule has 0 aliphatic heterocycles. The van der Waals surface area contributed by atoms with Gasteiger partial charge in [-0.05, 0) is 50.3 Å². The Labute approximate surface area is 149 Å². The normalized spacial score (nSPS) is 10.9. The molecule has 1 aromatic carbocycles. The van der Waals surface area contributed by atoms with Crippen LogP contribution in [0.3, 0.4) is 0 Å². The van der Waals surface area contributed by atoms with Gasteiger partial charge < -0.3 is 15.0 Å². The Kier molecular flexibility index (Phi) is 6.94. The Morgan fingerprint density at radius 1 is 1.24 bits per heavy atom. The van der Waals surface area contributed by atoms with Crippen LogP contribution in [0.15, 0.2) is 24.3 Å². The number of hydrogen-bond acceptors (Lipinski definition) is 6. The van der Waals surface area contributed by atoms with E-state index >= 15 is 0 Å². The summed E-state index contributed by atoms with van der Waals surface area (Å²) in [5.41, 5.74) is 1.19. The van der Waals surface area contributed by atoms with Crippen LogP contribution in [0.4, 0.5) is 5.82 Å². The predicted molar refractivity (Wildman–Crippen MR) is 98.8 cm³/mol. The molecule has 0 unspecified atom stereocenters. The largest absolute Gasteiger partial charge is 0.497 e. The second kappa shape index (κ2) is 9.17. The molecule has 0 fully saturated rings. The summed E-state index contributed by atoms with van der Waals surface area (Å²) in [6.45, 7) is 9.67. The maximum atomic E-state index is 11.9. The van der Waals surface area contributed by atoms with Gasteiger partial charge in [0.1, 0.15) is 5.75 Å². The van der Waals surface area contributed by atoms with Crippen LogP contribution < -0.4 is 10.1 Å². The molecular weight excluding hydrogens is 318 g/mol. The number of anilines is 1. The van der Waals surface area contributed by atoms with Crippen molar-refractivity contribution in [1.29, 1.82) is 0 Å². The second-order valence-corrected chi connectivity index (χ2v) is 5.76. The minimum atomic E-state index is -0.106. The third-order valence-electron chi connectivity index (χ3n) is 4.16. The van der Waals surface area contributed by atoms with Gasteiger partial charge in [0.05, 0.1) is 12.8 Å². The third kappa shape index (κ3) is 4.79. The van der Waals surface area contributed by atoms with Crippen LogP contribution in [-0.4, -0.2) is 59.0 Å². The van der Waals surface area contributed by atoms with E-state index in [1.807, 2.05) is 24.3 Å². The molecule has 0 bridgehead atoms. The van der Waals surface area contributed by atoms with Crippen molar-refractivity contribution in [3.63, 3.8) is 0 Å². The van der Waals surface area contributed by atoms with E-state index in [4.69, 9.17) is 4.74 Å². The summed E-state index contributed by atoms with van der Waals surface area (Å²) in [4.78, 5) is 14.2. The number of methoxy groups -OCH3 is 1. The van der Waals surface area contributed by atoms with E-state index in [0.29, 0.717) is 11.5 Å². The molecule has 7 heteroatoms. The van der Waals surface area contributed by atoms with Gasteiger partial charge in [-0.1, -0.05) is 19.1 Å². The zero-order valence-electron chi connectivity index (χ0n) is 15.5. The molecule has 0 amide bonds. The highest BCUT2D eigenvalue weighted by atomic mass is 16.5. The lowest BCUT2D eigenvalue weighted by Crippen LogP contribution is -2.25. The highest BCUT2D eigenvalue weighted by Gasteiger charge is 2.17. The SMILES string of the molecule is CCN(CC)CCCNc1c(C(C)=O)nnn1-c1ccc(OC)cc1. The molecule has 1 aromatic heterocycles. The van der Waals surface area contributed by atoms with Gasteiger partial charge in [-0.3, -0.25) is 4.79 Å². The molecule has 136 valence electrons. The molecule has 0 aliphatic rings. The van der Waals surface area contributed by atoms with Gasteiger partial charge in [0.2, 0.25) is 0 Å². The van der Waals surface area contributed by atoms with Crippen molar-refractivity contribution < 1.29 is 9.53 Å². The van der Waals surface area contributed by atoms with E-state index in [1.54, 1.807) is 11.8 Å². The van der Waals surface area contributed by atoms with E-state index in [0.717, 1.165) is 44.0 Å². The molecule has 1 N–H and O–H groups in total. The summed E-state index contributed by atoms with van der Waals surface area (Å²) in [6, 6.07) is 7.49. The van der Waals surface area contributed by atoms with E-state index in [9.17, 15) is 4.79 Å². The number of carbonyl (C=O) groups excluding carboxylic acids is 1. The fourth-order valence-corrected chi connectivity index (χ4v) is 2.63. The molecule has 25 heavy (non-hydrogen) atoms. The molecular formula is C18H27N5O2. The van der Waals surface area contributed by atoms with Crippen LogP contribution in [0.5, 0.6) is 5.75 Å². The second-order valence-electron chi connectivity index (χ2n) is 5.76. The highest BCUT2D eigenvalue weighted by Crippen LogP contribution is 2.21. The molecule has 0 aliphatic carbocycles. The number of ether oxygens (including phenoxy) is 1. The zero-order chi connectivity index (χ0) is 18.2. The lowest BCUT2D eigenvalue weighted by Gasteiger charge is -2.18. The standard InChI is InChI=1S/C18H27N5O2/c1-5-22(6-2)13-7-12-19-18-17(14(3)24)20-21-23(18)15-8-10-16(25-4)11-9-15/h8-11,19H,5-7,12-13H2,1-4H3. The van der Waals surface area contributed by atoms with Gasteiger partial charge >= 0.3 is 0 Å². The number of rotatable bonds is 10. The first-order valence-electron chi connectivity index (χ1n) is 8.68. The number of aromatic nitrogens is 3. The number of Topliss-reactive ketones (excluding diaryl/α,β-unsaturated/α-hetero) is 1. The van der Waals surface area contributed by atoms with E-state index in [1.165, 1.54) is 6.92 Å². The van der Waals surface area contributed by atoms with Gasteiger partial charge in [-0.2, -0.15) is 4.68 Å². The smallest absolute Gasteiger partial charge is 0.183 e. The first kappa shape index (κ1) is 18.9. The van der Waals surface area contributed by atoms with Gasteiger partial charge in [0, 0.05) is 13.5 Å². The number of ketones is 1. The lowest BCUT2D eigenvalue weighted by atomic mass is 10.2. The first-order chi connectivity index (χ1) is 12.1. The number of hydrogen-bond donors (Lipinski definition) is 1. The van der Waals surface area contributed by atoms with Crippen molar-refractivity contribution in [3.05, 3.63) is 30.0 Å². The maximum Gasteiger partial charge on any atom is 0.183 e. The molecule has 0 saturated heterocycles. The molecule has 0 atom stereocenters. The highest BCUT2D eigenvalue weighted by molar-refractivity contribution is 5.96. The number of nitrogens with one attached hydrogen (secondary N) is 1. The minimum absolute atomic E-state index is 0.106. The van der Waals surface area contributed by atoms with Crippen LogP contribution in [0.2, 0.25) is 0 Å². The van der Waals surface area contributed by atoms with Gasteiger partial charge in [0.15, 0.2) is 17.3 Å². The van der Waals surface area contributed by atoms with Crippen LogP contribution in [-0.2, 0) is 0 Å². The Balaban J connectivity index is 2.14. The molecule has 2 aromatic rings. The predicted octanol–water partition coefficient (Wildman–Crippen LogP) is 2.62. The molecule has 7 nitrogen and oxygen atoms in total. The number of nitrogens with zero attached hydrogens (tertiary/aromatic N) is 4. The average molecular weight is 345 g/mol. The average Bonchev–Trinajstić information content (AvgIpc) is 3.06. The summed E-state index contributed by atoms with van der Waals surface area (Å²) in [5.74, 6) is 1.30. The Morgan fingerprint density at radius 3 is 2.48 bits per heavy atom. The number of benzene rings is 1. The van der Waals surface area contributed by atoms with Crippen molar-refractivity contribution in [2.75, 3.05) is 38.6 Å². The summed E-state index contributed by atoms with van der Waals surface area (Å²) in [5, 5.41) is 11.5. The summed E-state index contributed by atoms with van der Waals surface area (Å²) >= 11 is 0. The fraction of sp³-hybridized carbons (Fsp3) is 0.500. The Morgan fingerprint density at radius 2 is 1.92 bits per heavy atom. The third-order valence-corrected chi connectivity index (χ3v) is 4.16. The summed E-state index contributed by atoms with van der Waals surface area (Å²) in [6.07, 6.45) is 0.979. The van der Waals surface area contributed by atoms with Crippen molar-refractivity contribution in [3.8, 4) is 11.4 Å². The van der Waals surface area contributed by atoms with Crippen molar-refractivity contribution in [2.24, 2.45) is 0 Å². The van der Waals surface area contributed by atoms with Crippen molar-refractivity contribution in [1.82, 2.24) is 19.9 Å². The zero-order valence-corrected chi connectivity index (χ0v) is 15.5. The van der Waals surface area contributed by atoms with Crippen molar-refractivity contribution in [2.45, 2.75) is 27.2 Å². The molecule has 2 rings (SSSR count). The van der Waals surface area contributed by atoms with Gasteiger partial charge in [0.25, 0.3) is 0 Å². The van der Waals surface area contributed by atoms with Gasteiger partial charge in [-0.25, -0.2) is 0 Å². The monoisotopic (exact) mass is 345 g/mol. The van der Waals surface area contributed by atoms with Crippen LogP contribution in [0.25, 0.3) is 5.69 Å². The van der Waals surface area contributed by atoms with E-state index in [-0.39, 0.29) is 5.78 Å².